The standard InChI is InChI=1S/C16H21N5O/c1-12(20-16(22)14-6-8-17-9-7-14)13-2-4-15(5-3-13)21-11-18-10-19-21/h2-5,10-12,14,17H,6-9H2,1H3,(H,20,22). The molecule has 22 heavy (non-hydrogen) atoms. The van der Waals surface area contributed by atoms with Gasteiger partial charge >= 0.3 is 0 Å². The third kappa shape index (κ3) is 3.33. The number of hydrogen-bond acceptors (Lipinski definition) is 4. The van der Waals surface area contributed by atoms with Crippen molar-refractivity contribution in [1.29, 1.82) is 0 Å². The molecule has 2 heterocycles. The predicted molar refractivity (Wildman–Crippen MR) is 83.5 cm³/mol. The van der Waals surface area contributed by atoms with Crippen molar-refractivity contribution >= 4 is 5.91 Å². The van der Waals surface area contributed by atoms with Crippen molar-refractivity contribution in [2.75, 3.05) is 13.1 Å². The number of nitrogens with zero attached hydrogens (tertiary/aromatic N) is 3. The Bertz CT molecular complexity index is 602. The van der Waals surface area contributed by atoms with Gasteiger partial charge in [-0.3, -0.25) is 4.79 Å². The molecule has 1 aliphatic rings. The fourth-order valence-corrected chi connectivity index (χ4v) is 2.76. The minimum atomic E-state index is 0.00665. The Hall–Kier alpha value is -2.21. The van der Waals surface area contributed by atoms with E-state index < -0.39 is 0 Å². The zero-order valence-electron chi connectivity index (χ0n) is 12.7. The lowest BCUT2D eigenvalue weighted by Crippen LogP contribution is -2.39. The zero-order valence-corrected chi connectivity index (χ0v) is 12.7. The Morgan fingerprint density at radius 2 is 2.05 bits per heavy atom. The summed E-state index contributed by atoms with van der Waals surface area (Å²) < 4.78 is 1.71. The van der Waals surface area contributed by atoms with Gasteiger partial charge in [0, 0.05) is 5.92 Å². The summed E-state index contributed by atoms with van der Waals surface area (Å²) in [6.07, 6.45) is 5.01. The van der Waals surface area contributed by atoms with Crippen LogP contribution in [0.1, 0.15) is 31.4 Å². The fourth-order valence-electron chi connectivity index (χ4n) is 2.76. The third-order valence-electron chi connectivity index (χ3n) is 4.15. The highest BCUT2D eigenvalue weighted by Gasteiger charge is 2.22. The van der Waals surface area contributed by atoms with Crippen LogP contribution in [0, 0.1) is 5.92 Å². The molecule has 1 aromatic carbocycles. The second kappa shape index (κ2) is 6.70. The molecule has 1 unspecified atom stereocenters. The van der Waals surface area contributed by atoms with Gasteiger partial charge in [0.25, 0.3) is 0 Å². The van der Waals surface area contributed by atoms with Gasteiger partial charge in [-0.2, -0.15) is 5.10 Å². The van der Waals surface area contributed by atoms with E-state index in [-0.39, 0.29) is 17.9 Å². The molecule has 1 atom stereocenters. The molecule has 2 N–H and O–H groups in total. The highest BCUT2D eigenvalue weighted by atomic mass is 16.1. The Morgan fingerprint density at radius 3 is 2.68 bits per heavy atom. The lowest BCUT2D eigenvalue weighted by Gasteiger charge is -2.24. The van der Waals surface area contributed by atoms with Gasteiger partial charge in [0.2, 0.25) is 5.91 Å². The molecule has 3 rings (SSSR count). The van der Waals surface area contributed by atoms with Gasteiger partial charge in [0.05, 0.1) is 11.7 Å². The maximum atomic E-state index is 12.3. The van der Waals surface area contributed by atoms with Crippen LogP contribution < -0.4 is 10.6 Å². The summed E-state index contributed by atoms with van der Waals surface area (Å²) in [5.74, 6) is 0.299. The molecule has 2 aromatic rings. The van der Waals surface area contributed by atoms with Crippen LogP contribution in [0.5, 0.6) is 0 Å². The van der Waals surface area contributed by atoms with E-state index in [1.54, 1.807) is 11.0 Å². The van der Waals surface area contributed by atoms with Crippen LogP contribution in [-0.2, 0) is 4.79 Å². The average molecular weight is 299 g/mol. The minimum Gasteiger partial charge on any atom is -0.349 e. The molecule has 1 aliphatic heterocycles. The zero-order chi connectivity index (χ0) is 15.4. The number of hydrogen-bond donors (Lipinski definition) is 2. The monoisotopic (exact) mass is 299 g/mol. The van der Waals surface area contributed by atoms with Crippen molar-refractivity contribution in [2.24, 2.45) is 5.92 Å². The molecule has 1 amide bonds. The van der Waals surface area contributed by atoms with Crippen LogP contribution in [0.25, 0.3) is 5.69 Å². The second-order valence-corrected chi connectivity index (χ2v) is 5.69. The molecule has 6 heteroatoms. The highest BCUT2D eigenvalue weighted by Crippen LogP contribution is 2.18. The van der Waals surface area contributed by atoms with E-state index in [0.29, 0.717) is 0 Å². The third-order valence-corrected chi connectivity index (χ3v) is 4.15. The largest absolute Gasteiger partial charge is 0.349 e. The summed E-state index contributed by atoms with van der Waals surface area (Å²) in [5.41, 5.74) is 2.05. The second-order valence-electron chi connectivity index (χ2n) is 5.69. The van der Waals surface area contributed by atoms with E-state index in [2.05, 4.69) is 20.7 Å². The number of amides is 1. The molecule has 0 saturated carbocycles. The van der Waals surface area contributed by atoms with Gasteiger partial charge in [-0.15, -0.1) is 0 Å². The van der Waals surface area contributed by atoms with E-state index in [1.165, 1.54) is 6.33 Å². The number of carbonyl (C=O) groups is 1. The van der Waals surface area contributed by atoms with Crippen LogP contribution in [0.4, 0.5) is 0 Å². The SMILES string of the molecule is CC(NC(=O)C1CCNCC1)c1ccc(-n2cncn2)cc1. The Balaban J connectivity index is 1.62. The van der Waals surface area contributed by atoms with Crippen LogP contribution in [0.2, 0.25) is 0 Å². The first-order valence-corrected chi connectivity index (χ1v) is 7.70. The summed E-state index contributed by atoms with van der Waals surface area (Å²) in [5, 5.41) is 10.5. The average Bonchev–Trinajstić information content (AvgIpc) is 3.10. The topological polar surface area (TPSA) is 71.8 Å². The van der Waals surface area contributed by atoms with E-state index >= 15 is 0 Å². The molecule has 6 nitrogen and oxygen atoms in total. The van der Waals surface area contributed by atoms with E-state index in [1.807, 2.05) is 31.2 Å². The van der Waals surface area contributed by atoms with Crippen LogP contribution in [0.3, 0.4) is 0 Å². The number of nitrogens with one attached hydrogen (secondary N) is 2. The highest BCUT2D eigenvalue weighted by molar-refractivity contribution is 5.79. The Labute approximate surface area is 129 Å². The van der Waals surface area contributed by atoms with Crippen molar-refractivity contribution in [2.45, 2.75) is 25.8 Å². The quantitative estimate of drug-likeness (QED) is 0.896. The number of carbonyl (C=O) groups excluding carboxylic acids is 1. The lowest BCUT2D eigenvalue weighted by molar-refractivity contribution is -0.126. The van der Waals surface area contributed by atoms with Gasteiger partial charge in [0.15, 0.2) is 0 Å². The molecule has 0 bridgehead atoms. The predicted octanol–water partition coefficient (Wildman–Crippen LogP) is 1.44. The number of benzene rings is 1. The maximum Gasteiger partial charge on any atom is 0.223 e. The van der Waals surface area contributed by atoms with Gasteiger partial charge in [0.1, 0.15) is 12.7 Å². The summed E-state index contributed by atoms with van der Waals surface area (Å²) in [7, 11) is 0. The summed E-state index contributed by atoms with van der Waals surface area (Å²) in [6.45, 7) is 3.88. The van der Waals surface area contributed by atoms with Gasteiger partial charge in [-0.05, 0) is 50.6 Å². The van der Waals surface area contributed by atoms with Gasteiger partial charge in [-0.25, -0.2) is 9.67 Å². The Kier molecular flexibility index (Phi) is 4.48. The van der Waals surface area contributed by atoms with Crippen molar-refractivity contribution in [3.63, 3.8) is 0 Å². The first-order chi connectivity index (χ1) is 10.7. The van der Waals surface area contributed by atoms with Gasteiger partial charge in [-0.1, -0.05) is 12.1 Å². The normalized spacial score (nSPS) is 17.1. The van der Waals surface area contributed by atoms with Crippen molar-refractivity contribution in [1.82, 2.24) is 25.4 Å². The van der Waals surface area contributed by atoms with Crippen LogP contribution in [-0.4, -0.2) is 33.8 Å². The van der Waals surface area contributed by atoms with E-state index in [4.69, 9.17) is 0 Å². The molecule has 0 spiro atoms. The molecular formula is C16H21N5O. The maximum absolute atomic E-state index is 12.3. The number of rotatable bonds is 4. The van der Waals surface area contributed by atoms with Crippen LogP contribution >= 0.6 is 0 Å². The molecule has 1 aromatic heterocycles. The smallest absolute Gasteiger partial charge is 0.223 e. The molecule has 1 saturated heterocycles. The number of piperidine rings is 1. The van der Waals surface area contributed by atoms with Gasteiger partial charge < -0.3 is 10.6 Å². The number of aromatic nitrogens is 3. The summed E-state index contributed by atoms with van der Waals surface area (Å²) in [4.78, 5) is 16.2. The molecule has 116 valence electrons. The van der Waals surface area contributed by atoms with Crippen molar-refractivity contribution < 1.29 is 4.79 Å². The molecule has 0 radical (unpaired) electrons. The molecular weight excluding hydrogens is 278 g/mol. The fraction of sp³-hybridized carbons (Fsp3) is 0.438. The summed E-state index contributed by atoms with van der Waals surface area (Å²) in [6, 6.07) is 8.01. The van der Waals surface area contributed by atoms with Crippen LogP contribution in [0.15, 0.2) is 36.9 Å². The minimum absolute atomic E-state index is 0.00665. The molecule has 1 fully saturated rings. The van der Waals surface area contributed by atoms with E-state index in [0.717, 1.165) is 37.2 Å². The first-order valence-electron chi connectivity index (χ1n) is 7.70. The Morgan fingerprint density at radius 1 is 1.32 bits per heavy atom. The van der Waals surface area contributed by atoms with Crippen molar-refractivity contribution in [3.05, 3.63) is 42.5 Å². The van der Waals surface area contributed by atoms with Crippen molar-refractivity contribution in [3.8, 4) is 5.69 Å². The lowest BCUT2D eigenvalue weighted by atomic mass is 9.96. The summed E-state index contributed by atoms with van der Waals surface area (Å²) >= 11 is 0. The van der Waals surface area contributed by atoms with E-state index in [9.17, 15) is 4.79 Å². The molecule has 0 aliphatic carbocycles. The first kappa shape index (κ1) is 14.7.